The molecule has 0 amide bonds. The minimum absolute atomic E-state index is 0. The lowest BCUT2D eigenvalue weighted by molar-refractivity contribution is 0.132. The molecule has 0 aromatic heterocycles. The summed E-state index contributed by atoms with van der Waals surface area (Å²) in [5.41, 5.74) is 6.69. The quantitative estimate of drug-likeness (QED) is 0.579. The van der Waals surface area contributed by atoms with E-state index in [0.717, 1.165) is 12.7 Å². The first-order chi connectivity index (χ1) is 7.29. The number of phenols is 1. The molecule has 0 heterocycles. The minimum atomic E-state index is -0.372. The van der Waals surface area contributed by atoms with E-state index in [1.165, 1.54) is 0 Å². The van der Waals surface area contributed by atoms with Gasteiger partial charge in [-0.1, -0.05) is 13.8 Å². The van der Waals surface area contributed by atoms with Gasteiger partial charge in [0.05, 0.1) is 7.14 Å². The first kappa shape index (κ1) is 17.7. The van der Waals surface area contributed by atoms with Crippen LogP contribution in [-0.4, -0.2) is 16.8 Å². The number of hydrogen-bond acceptors (Lipinski definition) is 3. The second-order valence-electron chi connectivity index (χ2n) is 4.46. The maximum absolute atomic E-state index is 9.67. The number of nitrogens with two attached hydrogens (primary N) is 1. The number of aliphatic hydroxyl groups is 1. The van der Waals surface area contributed by atoms with Gasteiger partial charge in [0.15, 0.2) is 0 Å². The molecule has 0 saturated carbocycles. The highest BCUT2D eigenvalue weighted by Crippen LogP contribution is 2.35. The third-order valence-electron chi connectivity index (χ3n) is 2.65. The Bertz CT molecular complexity index is 376. The van der Waals surface area contributed by atoms with E-state index >= 15 is 0 Å². The molecule has 1 atom stereocenters. The second-order valence-corrected chi connectivity index (χ2v) is 6.78. The maximum atomic E-state index is 9.67. The van der Waals surface area contributed by atoms with Crippen molar-refractivity contribution in [2.45, 2.75) is 19.9 Å². The van der Waals surface area contributed by atoms with E-state index in [1.54, 1.807) is 0 Å². The molecule has 98 valence electrons. The first-order valence-electron chi connectivity index (χ1n) is 4.84. The molecule has 1 aromatic rings. The summed E-state index contributed by atoms with van der Waals surface area (Å²) in [5.74, 6) is 0.291. The van der Waals surface area contributed by atoms with E-state index in [-0.39, 0.29) is 30.5 Å². The second kappa shape index (κ2) is 6.74. The number of halogens is 3. The molecule has 6 heteroatoms. The van der Waals surface area contributed by atoms with Crippen molar-refractivity contribution in [2.75, 3.05) is 6.61 Å². The van der Waals surface area contributed by atoms with Gasteiger partial charge in [-0.3, -0.25) is 0 Å². The van der Waals surface area contributed by atoms with Crippen LogP contribution in [0.25, 0.3) is 0 Å². The van der Waals surface area contributed by atoms with Gasteiger partial charge in [-0.25, -0.2) is 0 Å². The number of aromatic hydroxyl groups is 1. The van der Waals surface area contributed by atoms with Gasteiger partial charge in [-0.2, -0.15) is 0 Å². The van der Waals surface area contributed by atoms with Crippen LogP contribution in [0.1, 0.15) is 25.5 Å². The fraction of sp³-hybridized carbons (Fsp3) is 0.455. The van der Waals surface area contributed by atoms with Crippen molar-refractivity contribution in [3.8, 4) is 5.75 Å². The standard InChI is InChI=1S/C11H15I2NO2.ClH/c1-11(2,5-15)10(14)6-3-7(12)9(16)8(13)4-6;/h3-4,10,15-16H,5,14H2,1-2H3;1H/t10-;/m1./s1. The van der Waals surface area contributed by atoms with E-state index in [9.17, 15) is 10.2 Å². The third kappa shape index (κ3) is 4.09. The van der Waals surface area contributed by atoms with Crippen LogP contribution >= 0.6 is 57.6 Å². The first-order valence-corrected chi connectivity index (χ1v) is 6.99. The smallest absolute Gasteiger partial charge is 0.142 e. The van der Waals surface area contributed by atoms with Crippen LogP contribution in [0.4, 0.5) is 0 Å². The summed E-state index contributed by atoms with van der Waals surface area (Å²) in [6.45, 7) is 3.87. The fourth-order valence-electron chi connectivity index (χ4n) is 1.31. The monoisotopic (exact) mass is 483 g/mol. The molecule has 0 fully saturated rings. The van der Waals surface area contributed by atoms with Gasteiger partial charge in [-0.05, 0) is 62.9 Å². The Morgan fingerprint density at radius 1 is 1.29 bits per heavy atom. The molecule has 0 saturated heterocycles. The van der Waals surface area contributed by atoms with Crippen LogP contribution in [0, 0.1) is 12.6 Å². The molecule has 0 spiro atoms. The van der Waals surface area contributed by atoms with Crippen LogP contribution in [0.3, 0.4) is 0 Å². The molecule has 0 unspecified atom stereocenters. The summed E-state index contributed by atoms with van der Waals surface area (Å²) in [6.07, 6.45) is 0. The topological polar surface area (TPSA) is 66.5 Å². The molecule has 1 rings (SSSR count). The molecule has 0 aliphatic carbocycles. The average Bonchev–Trinajstić information content (AvgIpc) is 2.24. The van der Waals surface area contributed by atoms with E-state index < -0.39 is 0 Å². The average molecular weight is 484 g/mol. The lowest BCUT2D eigenvalue weighted by Gasteiger charge is -2.30. The molecule has 1 aromatic carbocycles. The van der Waals surface area contributed by atoms with E-state index in [4.69, 9.17) is 5.73 Å². The molecule has 3 nitrogen and oxygen atoms in total. The lowest BCUT2D eigenvalue weighted by atomic mass is 9.82. The minimum Gasteiger partial charge on any atom is -0.506 e. The highest BCUT2D eigenvalue weighted by Gasteiger charge is 2.27. The molecule has 4 N–H and O–H groups in total. The maximum Gasteiger partial charge on any atom is 0.142 e. The van der Waals surface area contributed by atoms with Crippen LogP contribution in [-0.2, 0) is 0 Å². The Labute approximate surface area is 135 Å². The summed E-state index contributed by atoms with van der Waals surface area (Å²) in [6, 6.07) is 3.47. The molecule has 0 bridgehead atoms. The largest absolute Gasteiger partial charge is 0.506 e. The number of aliphatic hydroxyl groups excluding tert-OH is 1. The van der Waals surface area contributed by atoms with Gasteiger partial charge in [0.25, 0.3) is 0 Å². The van der Waals surface area contributed by atoms with Crippen molar-refractivity contribution in [3.05, 3.63) is 24.8 Å². The molecular formula is C11H16ClI2NO2. The number of hydrogen-bond donors (Lipinski definition) is 3. The fourth-order valence-corrected chi connectivity index (χ4v) is 3.13. The summed E-state index contributed by atoms with van der Waals surface area (Å²) < 4.78 is 1.56. The Kier molecular flexibility index (Phi) is 7.01. The lowest BCUT2D eigenvalue weighted by Crippen LogP contribution is -2.32. The number of phenolic OH excluding ortho intramolecular Hbond substituents is 1. The zero-order valence-electron chi connectivity index (χ0n) is 9.58. The Morgan fingerprint density at radius 3 is 2.06 bits per heavy atom. The zero-order valence-corrected chi connectivity index (χ0v) is 14.7. The number of benzene rings is 1. The third-order valence-corrected chi connectivity index (χ3v) is 4.29. The van der Waals surface area contributed by atoms with Gasteiger partial charge in [0.1, 0.15) is 5.75 Å². The van der Waals surface area contributed by atoms with Crippen molar-refractivity contribution >= 4 is 57.6 Å². The zero-order chi connectivity index (χ0) is 12.5. The van der Waals surface area contributed by atoms with Crippen LogP contribution in [0.5, 0.6) is 5.75 Å². The van der Waals surface area contributed by atoms with Crippen molar-refractivity contribution in [1.82, 2.24) is 0 Å². The van der Waals surface area contributed by atoms with E-state index in [0.29, 0.717) is 5.75 Å². The molecule has 17 heavy (non-hydrogen) atoms. The van der Waals surface area contributed by atoms with E-state index in [2.05, 4.69) is 45.2 Å². The van der Waals surface area contributed by atoms with Crippen molar-refractivity contribution in [3.63, 3.8) is 0 Å². The number of rotatable bonds is 3. The molecule has 0 radical (unpaired) electrons. The highest BCUT2D eigenvalue weighted by atomic mass is 127. The SMILES string of the molecule is CC(C)(CO)[C@H](N)c1cc(I)c(O)c(I)c1.Cl. The van der Waals surface area contributed by atoms with Crippen molar-refractivity contribution < 1.29 is 10.2 Å². The van der Waals surface area contributed by atoms with Crippen LogP contribution in [0.2, 0.25) is 0 Å². The molecular weight excluding hydrogens is 467 g/mol. The van der Waals surface area contributed by atoms with Crippen molar-refractivity contribution in [2.24, 2.45) is 11.1 Å². The Hall–Kier alpha value is 0.690. The van der Waals surface area contributed by atoms with Gasteiger partial charge >= 0.3 is 0 Å². The van der Waals surface area contributed by atoms with Crippen LogP contribution < -0.4 is 5.73 Å². The summed E-state index contributed by atoms with van der Waals surface area (Å²) in [5, 5.41) is 19.0. The van der Waals surface area contributed by atoms with Gasteiger partial charge in [0.2, 0.25) is 0 Å². The van der Waals surface area contributed by atoms with E-state index in [1.807, 2.05) is 26.0 Å². The highest BCUT2D eigenvalue weighted by molar-refractivity contribution is 14.1. The predicted molar refractivity (Wildman–Crippen MR) is 88.6 cm³/mol. The van der Waals surface area contributed by atoms with Crippen LogP contribution in [0.15, 0.2) is 12.1 Å². The molecule has 0 aliphatic heterocycles. The Balaban J connectivity index is 0.00000256. The molecule has 0 aliphatic rings. The normalized spacial score (nSPS) is 13.1. The predicted octanol–water partition coefficient (Wildman–Crippen LogP) is 3.04. The summed E-state index contributed by atoms with van der Waals surface area (Å²) in [7, 11) is 0. The summed E-state index contributed by atoms with van der Waals surface area (Å²) >= 11 is 4.15. The summed E-state index contributed by atoms with van der Waals surface area (Å²) in [4.78, 5) is 0. The Morgan fingerprint density at radius 2 is 1.71 bits per heavy atom. The van der Waals surface area contributed by atoms with Gasteiger partial charge in [0, 0.05) is 18.1 Å². The van der Waals surface area contributed by atoms with Gasteiger partial charge in [-0.15, -0.1) is 12.4 Å². The van der Waals surface area contributed by atoms with Gasteiger partial charge < -0.3 is 15.9 Å². The van der Waals surface area contributed by atoms with Crippen molar-refractivity contribution in [1.29, 1.82) is 0 Å².